The van der Waals surface area contributed by atoms with Crippen molar-refractivity contribution in [1.29, 1.82) is 0 Å². The van der Waals surface area contributed by atoms with Gasteiger partial charge in [-0.1, -0.05) is 19.1 Å². The maximum absolute atomic E-state index is 12.9. The number of nitrogens with two attached hydrogens (primary N) is 1. The second-order valence-corrected chi connectivity index (χ2v) is 7.51. The number of para-hydroxylation sites is 1. The molecule has 0 radical (unpaired) electrons. The zero-order chi connectivity index (χ0) is 19.4. The second kappa shape index (κ2) is 8.35. The van der Waals surface area contributed by atoms with Crippen LogP contribution in [0.5, 0.6) is 0 Å². The molecule has 0 atom stereocenters. The summed E-state index contributed by atoms with van der Waals surface area (Å²) in [6.45, 7) is 2.98. The third-order valence-electron chi connectivity index (χ3n) is 4.92. The number of aryl methyl sites for hydroxylation is 1. The van der Waals surface area contributed by atoms with Crippen molar-refractivity contribution in [3.63, 3.8) is 0 Å². The Morgan fingerprint density at radius 3 is 2.56 bits per heavy atom. The van der Waals surface area contributed by atoms with E-state index in [0.717, 1.165) is 12.0 Å². The third-order valence-corrected chi connectivity index (χ3v) is 5.88. The Morgan fingerprint density at radius 1 is 1.19 bits per heavy atom. The highest BCUT2D eigenvalue weighted by Crippen LogP contribution is 2.24. The highest BCUT2D eigenvalue weighted by Gasteiger charge is 2.27. The number of benzene rings is 1. The van der Waals surface area contributed by atoms with Gasteiger partial charge in [0.05, 0.1) is 16.1 Å². The van der Waals surface area contributed by atoms with Crippen LogP contribution in [0.3, 0.4) is 0 Å². The molecule has 1 aliphatic rings. The zero-order valence-corrected chi connectivity index (χ0v) is 16.1. The summed E-state index contributed by atoms with van der Waals surface area (Å²) in [6, 6.07) is 8.97. The van der Waals surface area contributed by atoms with E-state index >= 15 is 0 Å². The van der Waals surface area contributed by atoms with Crippen LogP contribution in [0.1, 0.15) is 45.4 Å². The number of carbonyl (C=O) groups is 3. The van der Waals surface area contributed by atoms with Gasteiger partial charge in [-0.05, 0) is 48.4 Å². The topological polar surface area (TPSA) is 92.5 Å². The first-order valence-corrected chi connectivity index (χ1v) is 9.94. The molecule has 3 amide bonds. The summed E-state index contributed by atoms with van der Waals surface area (Å²) in [5.74, 6) is -0.821. The van der Waals surface area contributed by atoms with Gasteiger partial charge in [0.1, 0.15) is 0 Å². The van der Waals surface area contributed by atoms with Crippen LogP contribution in [0.15, 0.2) is 35.7 Å². The van der Waals surface area contributed by atoms with Gasteiger partial charge in [0.25, 0.3) is 11.8 Å². The van der Waals surface area contributed by atoms with Crippen molar-refractivity contribution in [2.24, 2.45) is 11.7 Å². The molecule has 1 aromatic heterocycles. The summed E-state index contributed by atoms with van der Waals surface area (Å²) in [7, 11) is 0. The molecular formula is C20H23N3O3S. The lowest BCUT2D eigenvalue weighted by Crippen LogP contribution is -2.42. The molecule has 1 fully saturated rings. The van der Waals surface area contributed by atoms with Gasteiger partial charge < -0.3 is 16.0 Å². The molecule has 2 heterocycles. The van der Waals surface area contributed by atoms with Gasteiger partial charge in [0.15, 0.2) is 0 Å². The molecule has 0 bridgehead atoms. The number of hydrogen-bond acceptors (Lipinski definition) is 4. The normalized spacial score (nSPS) is 14.8. The van der Waals surface area contributed by atoms with Gasteiger partial charge in [-0.15, -0.1) is 11.3 Å². The van der Waals surface area contributed by atoms with E-state index in [1.54, 1.807) is 29.2 Å². The largest absolute Gasteiger partial charge is 0.369 e. The number of piperidine rings is 1. The lowest BCUT2D eigenvalue weighted by molar-refractivity contribution is -0.123. The van der Waals surface area contributed by atoms with Crippen molar-refractivity contribution < 1.29 is 14.4 Å². The van der Waals surface area contributed by atoms with Crippen LogP contribution in [-0.4, -0.2) is 35.7 Å². The Balaban J connectivity index is 1.75. The first-order chi connectivity index (χ1) is 13.0. The summed E-state index contributed by atoms with van der Waals surface area (Å²) >= 11 is 1.40. The number of nitrogens with one attached hydrogen (secondary N) is 1. The molecule has 0 unspecified atom stereocenters. The maximum Gasteiger partial charge on any atom is 0.266 e. The first kappa shape index (κ1) is 19.1. The van der Waals surface area contributed by atoms with Crippen molar-refractivity contribution in [3.05, 3.63) is 51.7 Å². The predicted octanol–water partition coefficient (Wildman–Crippen LogP) is 2.90. The first-order valence-electron chi connectivity index (χ1n) is 9.06. The summed E-state index contributed by atoms with van der Waals surface area (Å²) in [5.41, 5.74) is 7.31. The van der Waals surface area contributed by atoms with Gasteiger partial charge >= 0.3 is 0 Å². The molecule has 0 saturated carbocycles. The Kier molecular flexibility index (Phi) is 5.91. The molecule has 142 valence electrons. The highest BCUT2D eigenvalue weighted by atomic mass is 32.1. The lowest BCUT2D eigenvalue weighted by atomic mass is 9.95. The molecule has 1 saturated heterocycles. The van der Waals surface area contributed by atoms with E-state index in [1.165, 1.54) is 11.3 Å². The fourth-order valence-electron chi connectivity index (χ4n) is 3.31. The fourth-order valence-corrected chi connectivity index (χ4v) is 4.20. The number of thiophene rings is 1. The Bertz CT molecular complexity index is 854. The van der Waals surface area contributed by atoms with Crippen LogP contribution in [0.25, 0.3) is 0 Å². The van der Waals surface area contributed by atoms with Crippen LogP contribution < -0.4 is 11.1 Å². The van der Waals surface area contributed by atoms with Gasteiger partial charge in [-0.2, -0.15) is 0 Å². The van der Waals surface area contributed by atoms with Crippen LogP contribution in [-0.2, 0) is 11.2 Å². The average Bonchev–Trinajstić information content (AvgIpc) is 3.17. The second-order valence-electron chi connectivity index (χ2n) is 6.60. The molecule has 1 aliphatic heterocycles. The summed E-state index contributed by atoms with van der Waals surface area (Å²) in [6.07, 6.45) is 1.93. The van der Waals surface area contributed by atoms with E-state index in [1.807, 2.05) is 18.4 Å². The Labute approximate surface area is 162 Å². The van der Waals surface area contributed by atoms with Crippen molar-refractivity contribution in [1.82, 2.24) is 4.90 Å². The lowest BCUT2D eigenvalue weighted by Gasteiger charge is -2.31. The minimum atomic E-state index is -0.308. The molecule has 3 N–H and O–H groups in total. The number of likely N-dealkylation sites (tertiary alicyclic amines) is 1. The van der Waals surface area contributed by atoms with E-state index in [-0.39, 0.29) is 23.6 Å². The van der Waals surface area contributed by atoms with Crippen LogP contribution >= 0.6 is 11.3 Å². The SMILES string of the molecule is CCc1ccsc1C(=O)Nc1ccccc1C(=O)N1CCC(C(N)=O)CC1. The summed E-state index contributed by atoms with van der Waals surface area (Å²) in [5, 5.41) is 4.78. The van der Waals surface area contributed by atoms with Gasteiger partial charge in [0, 0.05) is 19.0 Å². The Morgan fingerprint density at radius 2 is 1.89 bits per heavy atom. The van der Waals surface area contributed by atoms with Crippen molar-refractivity contribution in [2.45, 2.75) is 26.2 Å². The molecule has 0 spiro atoms. The van der Waals surface area contributed by atoms with E-state index in [2.05, 4.69) is 5.32 Å². The fraction of sp³-hybridized carbons (Fsp3) is 0.350. The van der Waals surface area contributed by atoms with Crippen molar-refractivity contribution >= 4 is 34.7 Å². The quantitative estimate of drug-likeness (QED) is 0.829. The van der Waals surface area contributed by atoms with Gasteiger partial charge in [-0.3, -0.25) is 14.4 Å². The van der Waals surface area contributed by atoms with E-state index in [0.29, 0.717) is 42.1 Å². The number of amides is 3. The van der Waals surface area contributed by atoms with Crippen molar-refractivity contribution in [3.8, 4) is 0 Å². The smallest absolute Gasteiger partial charge is 0.266 e. The number of hydrogen-bond donors (Lipinski definition) is 2. The summed E-state index contributed by atoms with van der Waals surface area (Å²) < 4.78 is 0. The number of anilines is 1. The highest BCUT2D eigenvalue weighted by molar-refractivity contribution is 7.12. The minimum absolute atomic E-state index is 0.143. The third kappa shape index (κ3) is 4.19. The number of rotatable bonds is 5. The molecule has 3 rings (SSSR count). The minimum Gasteiger partial charge on any atom is -0.369 e. The monoisotopic (exact) mass is 385 g/mol. The Hall–Kier alpha value is -2.67. The van der Waals surface area contributed by atoms with Crippen LogP contribution in [0.2, 0.25) is 0 Å². The molecule has 27 heavy (non-hydrogen) atoms. The molecule has 6 nitrogen and oxygen atoms in total. The van der Waals surface area contributed by atoms with E-state index < -0.39 is 0 Å². The van der Waals surface area contributed by atoms with Gasteiger partial charge in [-0.25, -0.2) is 0 Å². The average molecular weight is 385 g/mol. The standard InChI is InChI=1S/C20H23N3O3S/c1-2-13-9-12-27-17(13)19(25)22-16-6-4-3-5-15(16)20(26)23-10-7-14(8-11-23)18(21)24/h3-6,9,12,14H,2,7-8,10-11H2,1H3,(H2,21,24)(H,22,25). The van der Waals surface area contributed by atoms with Crippen LogP contribution in [0, 0.1) is 5.92 Å². The predicted molar refractivity (Wildman–Crippen MR) is 106 cm³/mol. The molecular weight excluding hydrogens is 362 g/mol. The molecule has 7 heteroatoms. The van der Waals surface area contributed by atoms with E-state index in [9.17, 15) is 14.4 Å². The molecule has 1 aromatic carbocycles. The summed E-state index contributed by atoms with van der Waals surface area (Å²) in [4.78, 5) is 39.3. The number of nitrogens with zero attached hydrogens (tertiary/aromatic N) is 1. The maximum atomic E-state index is 12.9. The van der Waals surface area contributed by atoms with Crippen molar-refractivity contribution in [2.75, 3.05) is 18.4 Å². The van der Waals surface area contributed by atoms with Crippen LogP contribution in [0.4, 0.5) is 5.69 Å². The molecule has 2 aromatic rings. The van der Waals surface area contributed by atoms with Gasteiger partial charge in [0.2, 0.25) is 5.91 Å². The van der Waals surface area contributed by atoms with E-state index in [4.69, 9.17) is 5.73 Å². The number of primary amides is 1. The molecule has 0 aliphatic carbocycles. The zero-order valence-electron chi connectivity index (χ0n) is 15.2. The number of carbonyl (C=O) groups excluding carboxylic acids is 3.